The minimum Gasteiger partial charge on any atom is -0.437 e. The van der Waals surface area contributed by atoms with Crippen molar-refractivity contribution in [1.29, 1.82) is 0 Å². The van der Waals surface area contributed by atoms with E-state index < -0.39 is 9.84 Å². The maximum Gasteiger partial charge on any atom is 0.220 e. The zero-order valence-corrected chi connectivity index (χ0v) is 28.5. The Labute approximate surface area is 281 Å². The number of fused-ring (bicyclic) bond motifs is 2. The molecule has 6 rings (SSSR count). The lowest BCUT2D eigenvalue weighted by Crippen LogP contribution is -2.47. The number of rotatable bonds is 11. The number of ether oxygens (including phenoxy) is 1. The van der Waals surface area contributed by atoms with E-state index in [1.807, 2.05) is 30.3 Å². The van der Waals surface area contributed by atoms with Crippen molar-refractivity contribution < 1.29 is 17.9 Å². The van der Waals surface area contributed by atoms with Crippen LogP contribution in [0.15, 0.2) is 48.7 Å². The molecule has 0 spiro atoms. The average molecular weight is 688 g/mol. The van der Waals surface area contributed by atoms with E-state index in [1.165, 1.54) is 6.26 Å². The van der Waals surface area contributed by atoms with Gasteiger partial charge in [-0.25, -0.2) is 18.4 Å². The Morgan fingerprint density at radius 1 is 1.04 bits per heavy atom. The van der Waals surface area contributed by atoms with Gasteiger partial charge in [-0.2, -0.15) is 0 Å². The highest BCUT2D eigenvalue weighted by molar-refractivity contribution is 7.90. The van der Waals surface area contributed by atoms with Crippen LogP contribution < -0.4 is 15.0 Å². The third-order valence-electron chi connectivity index (χ3n) is 9.11. The number of sulfone groups is 1. The van der Waals surface area contributed by atoms with Crippen LogP contribution in [0.1, 0.15) is 31.7 Å². The molecule has 2 atom stereocenters. The molecular formula is C33H40Cl2N6O4S. The predicted octanol–water partition coefficient (Wildman–Crippen LogP) is 4.90. The topological polar surface area (TPSA) is 108 Å². The number of amides is 1. The lowest BCUT2D eigenvalue weighted by molar-refractivity contribution is -0.119. The number of piperazine rings is 1. The second kappa shape index (κ2) is 14.0. The molecule has 5 heterocycles. The quantitative estimate of drug-likeness (QED) is 0.301. The van der Waals surface area contributed by atoms with E-state index >= 15 is 0 Å². The van der Waals surface area contributed by atoms with Crippen LogP contribution in [-0.4, -0.2) is 97.5 Å². The summed E-state index contributed by atoms with van der Waals surface area (Å²) in [6.07, 6.45) is 6.10. The zero-order chi connectivity index (χ0) is 32.4. The van der Waals surface area contributed by atoms with Crippen molar-refractivity contribution >= 4 is 44.8 Å². The Hall–Kier alpha value is -2.96. The first kappa shape index (κ1) is 33.0. The number of piperidine rings is 1. The standard InChI is InChI=1S/C33H40Cl2N6O4S/c1-22(42)36-17-23-5-7-39(8-6-23)19-24-11-31(25-13-26(34)15-27(35)14-25)38-33(12-24)45-30-3-4-32(37-18-30)41-21-28-16-29(41)20-40(28)9-10-46(2,43)44/h3-4,11-15,18,23,28-29H,5-10,16-17,19-21H2,1-2H3,(H,36,42)/t28-,29-/m0/s1. The molecule has 3 aliphatic rings. The van der Waals surface area contributed by atoms with E-state index in [0.29, 0.717) is 46.2 Å². The number of nitrogens with zero attached hydrogens (tertiary/aromatic N) is 5. The Morgan fingerprint density at radius 3 is 2.43 bits per heavy atom. The van der Waals surface area contributed by atoms with Gasteiger partial charge in [-0.3, -0.25) is 14.6 Å². The number of carbonyl (C=O) groups is 1. The van der Waals surface area contributed by atoms with Gasteiger partial charge in [0.15, 0.2) is 0 Å². The van der Waals surface area contributed by atoms with Crippen LogP contribution in [0.2, 0.25) is 10.0 Å². The van der Waals surface area contributed by atoms with Crippen LogP contribution in [0.5, 0.6) is 11.6 Å². The van der Waals surface area contributed by atoms with Crippen LogP contribution in [-0.2, 0) is 21.2 Å². The van der Waals surface area contributed by atoms with Gasteiger partial charge in [0.05, 0.1) is 17.6 Å². The number of hydrogen-bond donors (Lipinski definition) is 1. The molecule has 246 valence electrons. The van der Waals surface area contributed by atoms with Crippen LogP contribution in [0, 0.1) is 5.92 Å². The maximum atomic E-state index is 11.6. The number of halogens is 2. The summed E-state index contributed by atoms with van der Waals surface area (Å²) in [7, 11) is -2.98. The van der Waals surface area contributed by atoms with Crippen LogP contribution in [0.4, 0.5) is 5.82 Å². The number of pyridine rings is 2. The fourth-order valence-electron chi connectivity index (χ4n) is 6.76. The van der Waals surface area contributed by atoms with Crippen molar-refractivity contribution in [2.24, 2.45) is 5.92 Å². The molecule has 1 amide bonds. The molecule has 3 saturated heterocycles. The zero-order valence-electron chi connectivity index (χ0n) is 26.2. The minimum absolute atomic E-state index is 0.0172. The van der Waals surface area contributed by atoms with E-state index in [2.05, 4.69) is 26.1 Å². The van der Waals surface area contributed by atoms with Crippen molar-refractivity contribution in [3.8, 4) is 22.9 Å². The van der Waals surface area contributed by atoms with Gasteiger partial charge in [0.25, 0.3) is 0 Å². The third kappa shape index (κ3) is 8.49. The van der Waals surface area contributed by atoms with Gasteiger partial charge >= 0.3 is 0 Å². The van der Waals surface area contributed by atoms with Crippen molar-refractivity contribution in [1.82, 2.24) is 25.1 Å². The van der Waals surface area contributed by atoms with Gasteiger partial charge in [0, 0.05) is 79.7 Å². The molecule has 0 radical (unpaired) electrons. The molecule has 13 heteroatoms. The summed E-state index contributed by atoms with van der Waals surface area (Å²) in [6.45, 7) is 7.18. The van der Waals surface area contributed by atoms with Crippen LogP contribution in [0.25, 0.3) is 11.3 Å². The van der Waals surface area contributed by atoms with Gasteiger partial charge in [-0.1, -0.05) is 23.2 Å². The molecule has 0 saturated carbocycles. The lowest BCUT2D eigenvalue weighted by Gasteiger charge is -2.34. The van der Waals surface area contributed by atoms with Gasteiger partial charge in [0.2, 0.25) is 11.8 Å². The molecule has 3 aromatic rings. The number of anilines is 1. The molecular weight excluding hydrogens is 647 g/mol. The fraction of sp³-hybridized carbons (Fsp3) is 0.485. The first-order valence-electron chi connectivity index (χ1n) is 15.7. The Balaban J connectivity index is 1.14. The molecule has 10 nitrogen and oxygen atoms in total. The molecule has 46 heavy (non-hydrogen) atoms. The molecule has 0 unspecified atom stereocenters. The summed E-state index contributed by atoms with van der Waals surface area (Å²) in [5, 5.41) is 4.02. The second-order valence-electron chi connectivity index (χ2n) is 12.8. The SMILES string of the molecule is CC(=O)NCC1CCN(Cc2cc(Oc3ccc(N4C[C@@H]5C[C@H]4CN5CCS(C)(=O)=O)nc3)nc(-c3cc(Cl)cc(Cl)c3)c2)CC1. The highest BCUT2D eigenvalue weighted by Gasteiger charge is 2.43. The molecule has 2 aromatic heterocycles. The van der Waals surface area contributed by atoms with Crippen molar-refractivity contribution in [2.75, 3.05) is 56.2 Å². The van der Waals surface area contributed by atoms with Crippen molar-refractivity contribution in [3.05, 3.63) is 64.3 Å². The van der Waals surface area contributed by atoms with E-state index in [0.717, 1.165) is 81.2 Å². The first-order valence-corrected chi connectivity index (χ1v) is 18.6. The molecule has 3 fully saturated rings. The number of benzene rings is 1. The van der Waals surface area contributed by atoms with E-state index in [-0.39, 0.29) is 11.7 Å². The summed E-state index contributed by atoms with van der Waals surface area (Å²) < 4.78 is 29.5. The van der Waals surface area contributed by atoms with Gasteiger partial charge < -0.3 is 15.0 Å². The van der Waals surface area contributed by atoms with E-state index in [9.17, 15) is 13.2 Å². The Kier molecular flexibility index (Phi) is 10.1. The molecule has 1 aromatic carbocycles. The normalized spacial score (nSPS) is 20.7. The summed E-state index contributed by atoms with van der Waals surface area (Å²) in [5.41, 5.74) is 2.59. The lowest BCUT2D eigenvalue weighted by atomic mass is 9.96. The maximum absolute atomic E-state index is 11.6. The van der Waals surface area contributed by atoms with E-state index in [1.54, 1.807) is 19.2 Å². The van der Waals surface area contributed by atoms with Crippen molar-refractivity contribution in [2.45, 2.75) is 44.8 Å². The van der Waals surface area contributed by atoms with Crippen molar-refractivity contribution in [3.63, 3.8) is 0 Å². The molecule has 3 aliphatic heterocycles. The summed E-state index contributed by atoms with van der Waals surface area (Å²) in [6, 6.07) is 14.0. The van der Waals surface area contributed by atoms with E-state index in [4.69, 9.17) is 37.9 Å². The minimum atomic E-state index is -2.98. The molecule has 2 bridgehead atoms. The highest BCUT2D eigenvalue weighted by atomic mass is 35.5. The van der Waals surface area contributed by atoms with Gasteiger partial charge in [0.1, 0.15) is 21.4 Å². The first-order chi connectivity index (χ1) is 22.0. The summed E-state index contributed by atoms with van der Waals surface area (Å²) >= 11 is 12.7. The monoisotopic (exact) mass is 686 g/mol. The number of carbonyl (C=O) groups excluding carboxylic acids is 1. The smallest absolute Gasteiger partial charge is 0.220 e. The second-order valence-corrected chi connectivity index (χ2v) is 15.9. The third-order valence-corrected chi connectivity index (χ3v) is 10.5. The van der Waals surface area contributed by atoms with Gasteiger partial charge in [-0.15, -0.1) is 0 Å². The average Bonchev–Trinajstić information content (AvgIpc) is 3.60. The Bertz CT molecular complexity index is 1650. The summed E-state index contributed by atoms with van der Waals surface area (Å²) in [5.74, 6) is 2.64. The molecule has 0 aliphatic carbocycles. The fourth-order valence-corrected chi connectivity index (χ4v) is 7.85. The predicted molar refractivity (Wildman–Crippen MR) is 182 cm³/mol. The summed E-state index contributed by atoms with van der Waals surface area (Å²) in [4.78, 5) is 27.9. The number of aromatic nitrogens is 2. The van der Waals surface area contributed by atoms with Crippen LogP contribution in [0.3, 0.4) is 0 Å². The molecule has 1 N–H and O–H groups in total. The Morgan fingerprint density at radius 2 is 1.80 bits per heavy atom. The van der Waals surface area contributed by atoms with Gasteiger partial charge in [-0.05, 0) is 80.2 Å². The number of likely N-dealkylation sites (tertiary alicyclic amines) is 2. The largest absolute Gasteiger partial charge is 0.437 e. The number of hydrogen-bond acceptors (Lipinski definition) is 9. The number of nitrogens with one attached hydrogen (secondary N) is 1. The van der Waals surface area contributed by atoms with Crippen LogP contribution >= 0.6 is 23.2 Å². The highest BCUT2D eigenvalue weighted by Crippen LogP contribution is 2.35.